The number of carbonyl (C=O) groups is 1. The Morgan fingerprint density at radius 2 is 1.98 bits per heavy atom. The van der Waals surface area contributed by atoms with E-state index in [1.54, 1.807) is 6.20 Å². The minimum atomic E-state index is -0.667. The highest BCUT2D eigenvalue weighted by Gasteiger charge is 2.13. The zero-order valence-corrected chi connectivity index (χ0v) is 22.5. The number of hydrogen-bond acceptors (Lipinski definition) is 8. The molecule has 0 atom stereocenters. The van der Waals surface area contributed by atoms with E-state index in [1.165, 1.54) is 18.6 Å². The lowest BCUT2D eigenvalue weighted by atomic mass is 10.1. The van der Waals surface area contributed by atoms with E-state index in [2.05, 4.69) is 54.8 Å². The number of nitrogens with one attached hydrogen (secondary N) is 2. The Morgan fingerprint density at radius 1 is 1.20 bits per heavy atom. The minimum absolute atomic E-state index is 0.0149. The van der Waals surface area contributed by atoms with Gasteiger partial charge >= 0.3 is 0 Å². The third-order valence-corrected chi connectivity index (χ3v) is 6.03. The first-order valence-electron chi connectivity index (χ1n) is 12.8. The summed E-state index contributed by atoms with van der Waals surface area (Å²) in [5, 5.41) is 13.4. The summed E-state index contributed by atoms with van der Waals surface area (Å²) in [6.07, 6.45) is 3.10. The molecule has 2 aromatic heterocycles. The summed E-state index contributed by atoms with van der Waals surface area (Å²) in [6, 6.07) is 12.6. The topological polar surface area (TPSA) is 139 Å². The first kappa shape index (κ1) is 30.3. The number of H-pyrrole nitrogens is 1. The third kappa shape index (κ3) is 8.35. The number of ether oxygens (including phenoxy) is 1. The number of nitrogen functional groups attached to an aromatic ring is 1. The van der Waals surface area contributed by atoms with Crippen molar-refractivity contribution in [1.29, 1.82) is 0 Å². The summed E-state index contributed by atoms with van der Waals surface area (Å²) >= 11 is 0. The van der Waals surface area contributed by atoms with Crippen LogP contribution in [0.5, 0.6) is 0 Å². The van der Waals surface area contributed by atoms with Gasteiger partial charge in [0, 0.05) is 36.1 Å². The van der Waals surface area contributed by atoms with E-state index in [-0.39, 0.29) is 11.3 Å². The molecule has 0 aliphatic carbocycles. The Balaban J connectivity index is 0.000000243. The second-order valence-corrected chi connectivity index (χ2v) is 8.97. The van der Waals surface area contributed by atoms with Crippen LogP contribution < -0.4 is 11.1 Å². The first-order chi connectivity index (χ1) is 19.4. The molecule has 1 fully saturated rings. The summed E-state index contributed by atoms with van der Waals surface area (Å²) in [4.78, 5) is 26.5. The summed E-state index contributed by atoms with van der Waals surface area (Å²) in [5.41, 5.74) is 9.59. The normalized spacial score (nSPS) is 13.0. The van der Waals surface area contributed by atoms with Gasteiger partial charge in [-0.25, -0.2) is 13.8 Å². The van der Waals surface area contributed by atoms with E-state index in [0.29, 0.717) is 24.3 Å². The van der Waals surface area contributed by atoms with Gasteiger partial charge in [0.05, 0.1) is 43.0 Å². The SMILES string of the molecule is CCCN=O.Cc1c(F)ccc(N)c1F.O=CNc1cnc2n[nH]c(-c3cccc(CN4CCOCC4)c3)c2c1. The number of nitroso groups, excluding NO2 is 1. The van der Waals surface area contributed by atoms with E-state index in [0.717, 1.165) is 62.0 Å². The molecule has 0 unspecified atom stereocenters. The van der Waals surface area contributed by atoms with Crippen molar-refractivity contribution in [1.82, 2.24) is 20.1 Å². The zero-order chi connectivity index (χ0) is 28.9. The number of aromatic amines is 1. The van der Waals surface area contributed by atoms with Gasteiger partial charge in [-0.3, -0.25) is 14.8 Å². The molecule has 212 valence electrons. The van der Waals surface area contributed by atoms with E-state index in [1.807, 2.05) is 13.0 Å². The van der Waals surface area contributed by atoms with Crippen molar-refractivity contribution in [3.8, 4) is 11.3 Å². The van der Waals surface area contributed by atoms with Crippen molar-refractivity contribution in [3.05, 3.63) is 76.3 Å². The number of nitrogens with two attached hydrogens (primary N) is 1. The van der Waals surface area contributed by atoms with Gasteiger partial charge in [-0.15, -0.1) is 0 Å². The molecule has 40 heavy (non-hydrogen) atoms. The summed E-state index contributed by atoms with van der Waals surface area (Å²) in [7, 11) is 0. The van der Waals surface area contributed by atoms with Gasteiger partial charge < -0.3 is 15.8 Å². The van der Waals surface area contributed by atoms with Gasteiger partial charge in [0.25, 0.3) is 0 Å². The number of fused-ring (bicyclic) bond motifs is 1. The summed E-state index contributed by atoms with van der Waals surface area (Å²) < 4.78 is 30.5. The number of benzene rings is 2. The maximum absolute atomic E-state index is 12.6. The van der Waals surface area contributed by atoms with Crippen LogP contribution in [-0.2, 0) is 16.1 Å². The van der Waals surface area contributed by atoms with Crippen LogP contribution >= 0.6 is 0 Å². The van der Waals surface area contributed by atoms with Gasteiger partial charge in [-0.2, -0.15) is 10.0 Å². The highest BCUT2D eigenvalue weighted by atomic mass is 19.1. The van der Waals surface area contributed by atoms with Gasteiger partial charge in [0.15, 0.2) is 11.5 Å². The van der Waals surface area contributed by atoms with Crippen LogP contribution in [0.15, 0.2) is 53.8 Å². The molecular weight excluding hydrogens is 520 g/mol. The molecule has 1 aliphatic rings. The Labute approximate surface area is 230 Å². The van der Waals surface area contributed by atoms with Crippen LogP contribution in [0, 0.1) is 23.5 Å². The maximum atomic E-state index is 12.6. The second-order valence-electron chi connectivity index (χ2n) is 8.97. The fourth-order valence-corrected chi connectivity index (χ4v) is 3.88. The number of rotatable bonds is 7. The molecule has 0 bridgehead atoms. The highest BCUT2D eigenvalue weighted by molar-refractivity contribution is 5.93. The maximum Gasteiger partial charge on any atom is 0.211 e. The Hall–Kier alpha value is -4.29. The molecule has 4 aromatic rings. The molecule has 10 nitrogen and oxygen atoms in total. The van der Waals surface area contributed by atoms with Crippen LogP contribution in [0.3, 0.4) is 0 Å². The quantitative estimate of drug-likeness (QED) is 0.165. The molecule has 0 saturated carbocycles. The number of carbonyl (C=O) groups excluding carboxylic acids is 1. The fourth-order valence-electron chi connectivity index (χ4n) is 3.88. The van der Waals surface area contributed by atoms with Crippen molar-refractivity contribution >= 4 is 28.8 Å². The number of aromatic nitrogens is 3. The molecule has 0 radical (unpaired) electrons. The standard InChI is InChI=1S/C18H19N5O2.C7H7F2N.C3H7NO/c24-12-20-15-9-16-17(21-22-18(16)19-10-15)14-3-1-2-13(8-14)11-23-4-6-25-7-5-23;1-4-5(8)2-3-6(10)7(4)9;1-2-3-4-5/h1-3,8-10,12H,4-7,11H2,(H,20,24)(H,19,21,22);2-3H,10H2,1H3;2-3H2,1H3. The first-order valence-corrected chi connectivity index (χ1v) is 12.8. The molecule has 2 aromatic carbocycles. The van der Waals surface area contributed by atoms with Crippen molar-refractivity contribution in [3.63, 3.8) is 0 Å². The van der Waals surface area contributed by atoms with Crippen LogP contribution in [-0.4, -0.2) is 59.3 Å². The predicted octanol–water partition coefficient (Wildman–Crippen LogP) is 5.04. The van der Waals surface area contributed by atoms with Crippen molar-refractivity contribution in [2.75, 3.05) is 43.9 Å². The van der Waals surface area contributed by atoms with Gasteiger partial charge in [-0.1, -0.05) is 30.3 Å². The molecule has 3 heterocycles. The largest absolute Gasteiger partial charge is 0.396 e. The van der Waals surface area contributed by atoms with E-state index < -0.39 is 11.6 Å². The molecule has 4 N–H and O–H groups in total. The fraction of sp³-hybridized carbons (Fsp3) is 0.321. The molecule has 0 spiro atoms. The highest BCUT2D eigenvalue weighted by Crippen LogP contribution is 2.28. The summed E-state index contributed by atoms with van der Waals surface area (Å²) in [5.74, 6) is -1.23. The van der Waals surface area contributed by atoms with Gasteiger partial charge in [-0.05, 0) is 43.2 Å². The molecule has 1 saturated heterocycles. The van der Waals surface area contributed by atoms with E-state index in [9.17, 15) is 13.6 Å². The van der Waals surface area contributed by atoms with E-state index >= 15 is 0 Å². The average Bonchev–Trinajstić information content (AvgIpc) is 3.39. The Morgan fingerprint density at radius 3 is 2.62 bits per heavy atom. The number of anilines is 2. The van der Waals surface area contributed by atoms with Crippen molar-refractivity contribution < 1.29 is 18.3 Å². The number of morpholine rings is 1. The van der Waals surface area contributed by atoms with Crippen LogP contribution in [0.2, 0.25) is 0 Å². The van der Waals surface area contributed by atoms with Crippen molar-refractivity contribution in [2.45, 2.75) is 26.8 Å². The molecule has 5 rings (SSSR count). The third-order valence-electron chi connectivity index (χ3n) is 6.03. The Bertz CT molecular complexity index is 1380. The molecule has 1 aliphatic heterocycles. The average molecular weight is 554 g/mol. The van der Waals surface area contributed by atoms with Crippen LogP contribution in [0.1, 0.15) is 24.5 Å². The van der Waals surface area contributed by atoms with Crippen LogP contribution in [0.4, 0.5) is 20.2 Å². The lowest BCUT2D eigenvalue weighted by Crippen LogP contribution is -2.35. The Kier molecular flexibility index (Phi) is 11.6. The minimum Gasteiger partial charge on any atom is -0.396 e. The lowest BCUT2D eigenvalue weighted by Gasteiger charge is -2.26. The monoisotopic (exact) mass is 553 g/mol. The molecule has 1 amide bonds. The zero-order valence-electron chi connectivity index (χ0n) is 22.5. The van der Waals surface area contributed by atoms with E-state index in [4.69, 9.17) is 15.4 Å². The van der Waals surface area contributed by atoms with Gasteiger partial charge in [0.2, 0.25) is 6.41 Å². The number of hydrogen-bond donors (Lipinski definition) is 3. The number of pyridine rings is 1. The number of halogens is 2. The molecular formula is C28H33F2N7O3. The predicted molar refractivity (Wildman–Crippen MR) is 152 cm³/mol. The van der Waals surface area contributed by atoms with Crippen LogP contribution in [0.25, 0.3) is 22.3 Å². The number of amides is 1. The number of nitrogens with zero attached hydrogens (tertiary/aromatic N) is 4. The second kappa shape index (κ2) is 15.3. The summed E-state index contributed by atoms with van der Waals surface area (Å²) in [6.45, 7) is 8.14. The van der Waals surface area contributed by atoms with Gasteiger partial charge in [0.1, 0.15) is 5.82 Å². The molecule has 12 heteroatoms. The smallest absolute Gasteiger partial charge is 0.211 e. The van der Waals surface area contributed by atoms with Crippen molar-refractivity contribution in [2.24, 2.45) is 5.18 Å². The lowest BCUT2D eigenvalue weighted by molar-refractivity contribution is -0.105.